The molecule has 1 aromatic carbocycles. The van der Waals surface area contributed by atoms with Gasteiger partial charge in [0.25, 0.3) is 5.56 Å². The molecule has 1 amide bonds. The van der Waals surface area contributed by atoms with E-state index in [2.05, 4.69) is 32.8 Å². The van der Waals surface area contributed by atoms with E-state index in [9.17, 15) is 9.59 Å². The van der Waals surface area contributed by atoms with Crippen molar-refractivity contribution in [3.05, 3.63) is 45.7 Å². The molecule has 1 N–H and O–H groups in total. The number of hydrogen-bond donors (Lipinski definition) is 1. The normalized spacial score (nSPS) is 12.1. The maximum absolute atomic E-state index is 12.6. The van der Waals surface area contributed by atoms with E-state index in [0.29, 0.717) is 29.1 Å². The molecule has 5 nitrogen and oxygen atoms in total. The highest BCUT2D eigenvalue weighted by Gasteiger charge is 2.18. The van der Waals surface area contributed by atoms with Crippen molar-refractivity contribution < 1.29 is 4.79 Å². The van der Waals surface area contributed by atoms with Crippen molar-refractivity contribution in [2.45, 2.75) is 30.8 Å². The van der Waals surface area contributed by atoms with Gasteiger partial charge in [0, 0.05) is 17.6 Å². The van der Waals surface area contributed by atoms with E-state index >= 15 is 0 Å². The zero-order valence-corrected chi connectivity index (χ0v) is 15.4. The van der Waals surface area contributed by atoms with Gasteiger partial charge in [-0.3, -0.25) is 14.2 Å². The van der Waals surface area contributed by atoms with Crippen molar-refractivity contribution in [2.24, 2.45) is 0 Å². The first-order valence-corrected chi connectivity index (χ1v) is 8.90. The van der Waals surface area contributed by atoms with Crippen LogP contribution in [0.15, 0.2) is 45.3 Å². The van der Waals surface area contributed by atoms with Crippen molar-refractivity contribution in [3.8, 4) is 0 Å². The summed E-state index contributed by atoms with van der Waals surface area (Å²) in [6.45, 7) is 8.17. The molecule has 0 aliphatic carbocycles. The Bertz CT molecular complexity index is 804. The summed E-state index contributed by atoms with van der Waals surface area (Å²) in [5, 5.41) is 3.51. The molecule has 7 heteroatoms. The Morgan fingerprint density at radius 3 is 2.96 bits per heavy atom. The lowest BCUT2D eigenvalue weighted by molar-refractivity contribution is -0.120. The van der Waals surface area contributed by atoms with Gasteiger partial charge < -0.3 is 5.32 Å². The number of amides is 1. The van der Waals surface area contributed by atoms with Gasteiger partial charge in [-0.05, 0) is 32.0 Å². The maximum Gasteiger partial charge on any atom is 0.262 e. The van der Waals surface area contributed by atoms with Crippen LogP contribution in [-0.2, 0) is 11.3 Å². The molecule has 23 heavy (non-hydrogen) atoms. The number of rotatable bonds is 6. The van der Waals surface area contributed by atoms with Crippen molar-refractivity contribution >= 4 is 44.5 Å². The van der Waals surface area contributed by atoms with Gasteiger partial charge in [0.15, 0.2) is 5.16 Å². The minimum absolute atomic E-state index is 0.0972. The van der Waals surface area contributed by atoms with Crippen LogP contribution in [0, 0.1) is 0 Å². The standard InChI is InChI=1S/C16H18BrN3O2S/c1-4-8-18-14(21)10(3)23-16-19-13-7-6-11(17)9-12(13)15(22)20(16)5-2/h4,6-7,9-10H,1,5,8H2,2-3H3,(H,18,21). The first-order chi connectivity index (χ1) is 11.0. The Hall–Kier alpha value is -1.60. The van der Waals surface area contributed by atoms with E-state index in [1.54, 1.807) is 29.7 Å². The summed E-state index contributed by atoms with van der Waals surface area (Å²) >= 11 is 4.65. The predicted octanol–water partition coefficient (Wildman–Crippen LogP) is 2.96. The lowest BCUT2D eigenvalue weighted by atomic mass is 10.2. The zero-order chi connectivity index (χ0) is 17.0. The average molecular weight is 396 g/mol. The first kappa shape index (κ1) is 17.7. The number of aromatic nitrogens is 2. The zero-order valence-electron chi connectivity index (χ0n) is 13.0. The number of carbonyl (C=O) groups is 1. The number of nitrogens with one attached hydrogen (secondary N) is 1. The van der Waals surface area contributed by atoms with Crippen LogP contribution in [0.2, 0.25) is 0 Å². The second-order valence-corrected chi connectivity index (χ2v) is 7.12. The fourth-order valence-corrected chi connectivity index (χ4v) is 3.43. The second-order valence-electron chi connectivity index (χ2n) is 4.90. The van der Waals surface area contributed by atoms with E-state index in [1.807, 2.05) is 13.0 Å². The van der Waals surface area contributed by atoms with Crippen LogP contribution >= 0.6 is 27.7 Å². The van der Waals surface area contributed by atoms with Crippen molar-refractivity contribution in [1.29, 1.82) is 0 Å². The van der Waals surface area contributed by atoms with E-state index < -0.39 is 0 Å². The lowest BCUT2D eigenvalue weighted by Gasteiger charge is -2.15. The summed E-state index contributed by atoms with van der Waals surface area (Å²) in [5.74, 6) is -0.109. The smallest absolute Gasteiger partial charge is 0.262 e. The Morgan fingerprint density at radius 2 is 2.30 bits per heavy atom. The Balaban J connectivity index is 2.40. The van der Waals surface area contributed by atoms with Gasteiger partial charge in [-0.25, -0.2) is 4.98 Å². The molecular weight excluding hydrogens is 378 g/mol. The number of nitrogens with zero attached hydrogens (tertiary/aromatic N) is 2. The molecule has 0 saturated heterocycles. The van der Waals surface area contributed by atoms with Crippen molar-refractivity contribution in [2.75, 3.05) is 6.54 Å². The molecule has 0 saturated carbocycles. The van der Waals surface area contributed by atoms with Gasteiger partial charge in [0.05, 0.1) is 16.2 Å². The highest BCUT2D eigenvalue weighted by atomic mass is 79.9. The summed E-state index contributed by atoms with van der Waals surface area (Å²) < 4.78 is 2.43. The van der Waals surface area contributed by atoms with Gasteiger partial charge in [0.1, 0.15) is 0 Å². The lowest BCUT2D eigenvalue weighted by Crippen LogP contribution is -2.32. The topological polar surface area (TPSA) is 64.0 Å². The highest BCUT2D eigenvalue weighted by molar-refractivity contribution is 9.10. The molecule has 0 spiro atoms. The largest absolute Gasteiger partial charge is 0.352 e. The molecule has 0 aliphatic rings. The molecule has 0 aliphatic heterocycles. The summed E-state index contributed by atoms with van der Waals surface area (Å²) in [6, 6.07) is 5.42. The van der Waals surface area contributed by atoms with Crippen LogP contribution < -0.4 is 10.9 Å². The second kappa shape index (κ2) is 7.79. The van der Waals surface area contributed by atoms with Crippen LogP contribution in [0.1, 0.15) is 13.8 Å². The molecule has 1 heterocycles. The molecule has 1 unspecified atom stereocenters. The molecule has 0 fully saturated rings. The van der Waals surface area contributed by atoms with E-state index in [0.717, 1.165) is 4.47 Å². The molecule has 122 valence electrons. The molecule has 0 radical (unpaired) electrons. The number of hydrogen-bond acceptors (Lipinski definition) is 4. The van der Waals surface area contributed by atoms with Crippen LogP contribution in [-0.4, -0.2) is 27.3 Å². The van der Waals surface area contributed by atoms with Crippen molar-refractivity contribution in [3.63, 3.8) is 0 Å². The summed E-state index contributed by atoms with van der Waals surface area (Å²) in [7, 11) is 0. The quantitative estimate of drug-likeness (QED) is 0.463. The number of thioether (sulfide) groups is 1. The molecule has 2 aromatic rings. The van der Waals surface area contributed by atoms with Gasteiger partial charge in [-0.1, -0.05) is 33.8 Å². The molecule has 1 aromatic heterocycles. The van der Waals surface area contributed by atoms with Crippen LogP contribution in [0.4, 0.5) is 0 Å². The molecule has 1 atom stereocenters. The van der Waals surface area contributed by atoms with Crippen molar-refractivity contribution in [1.82, 2.24) is 14.9 Å². The number of fused-ring (bicyclic) bond motifs is 1. The number of carbonyl (C=O) groups excluding carboxylic acids is 1. The predicted molar refractivity (Wildman–Crippen MR) is 97.9 cm³/mol. The number of benzene rings is 1. The average Bonchev–Trinajstić information content (AvgIpc) is 2.53. The van der Waals surface area contributed by atoms with Gasteiger partial charge >= 0.3 is 0 Å². The van der Waals surface area contributed by atoms with E-state index in [4.69, 9.17) is 0 Å². The first-order valence-electron chi connectivity index (χ1n) is 7.23. The van der Waals surface area contributed by atoms with Gasteiger partial charge in [0.2, 0.25) is 5.91 Å². The fourth-order valence-electron chi connectivity index (χ4n) is 2.07. The Kier molecular flexibility index (Phi) is 6.01. The summed E-state index contributed by atoms with van der Waals surface area (Å²) in [5.41, 5.74) is 0.532. The molecule has 0 bridgehead atoms. The molecular formula is C16H18BrN3O2S. The van der Waals surface area contributed by atoms with E-state index in [-0.39, 0.29) is 16.7 Å². The third-order valence-corrected chi connectivity index (χ3v) is 4.85. The number of halogens is 1. The SMILES string of the molecule is C=CCNC(=O)C(C)Sc1nc2ccc(Br)cc2c(=O)n1CC. The minimum Gasteiger partial charge on any atom is -0.352 e. The summed E-state index contributed by atoms with van der Waals surface area (Å²) in [6.07, 6.45) is 1.63. The maximum atomic E-state index is 12.6. The molecule has 2 rings (SSSR count). The monoisotopic (exact) mass is 395 g/mol. The highest BCUT2D eigenvalue weighted by Crippen LogP contribution is 2.23. The third kappa shape index (κ3) is 4.03. The van der Waals surface area contributed by atoms with Crippen LogP contribution in [0.25, 0.3) is 10.9 Å². The Labute approximate surface area is 147 Å². The van der Waals surface area contributed by atoms with E-state index in [1.165, 1.54) is 11.8 Å². The Morgan fingerprint density at radius 1 is 1.57 bits per heavy atom. The van der Waals surface area contributed by atoms with Crippen LogP contribution in [0.5, 0.6) is 0 Å². The van der Waals surface area contributed by atoms with Gasteiger partial charge in [-0.2, -0.15) is 0 Å². The fraction of sp³-hybridized carbons (Fsp3) is 0.312. The van der Waals surface area contributed by atoms with Gasteiger partial charge in [-0.15, -0.1) is 6.58 Å². The summed E-state index contributed by atoms with van der Waals surface area (Å²) in [4.78, 5) is 29.2. The minimum atomic E-state index is -0.354. The third-order valence-electron chi connectivity index (χ3n) is 3.27. The van der Waals surface area contributed by atoms with Crippen LogP contribution in [0.3, 0.4) is 0 Å².